The van der Waals surface area contributed by atoms with E-state index in [4.69, 9.17) is 4.74 Å². The minimum atomic E-state index is -0.247. The molecule has 18 heavy (non-hydrogen) atoms. The van der Waals surface area contributed by atoms with E-state index in [9.17, 15) is 9.59 Å². The molecule has 2 rings (SSSR count). The van der Waals surface area contributed by atoms with E-state index in [1.54, 1.807) is 0 Å². The SMILES string of the molecule is CC(=O)NC(CC(=O)NC1COC1)c1cccs1. The maximum Gasteiger partial charge on any atom is 0.222 e. The Bertz CT molecular complexity index is 415. The van der Waals surface area contributed by atoms with Gasteiger partial charge in [-0.1, -0.05) is 6.07 Å². The van der Waals surface area contributed by atoms with Crippen molar-refractivity contribution in [2.45, 2.75) is 25.4 Å². The van der Waals surface area contributed by atoms with Gasteiger partial charge >= 0.3 is 0 Å². The Kier molecular flexibility index (Phi) is 4.33. The third-order valence-corrected chi connectivity index (χ3v) is 3.64. The van der Waals surface area contributed by atoms with Gasteiger partial charge in [0, 0.05) is 11.8 Å². The third kappa shape index (κ3) is 3.54. The van der Waals surface area contributed by atoms with Gasteiger partial charge in [0.25, 0.3) is 0 Å². The van der Waals surface area contributed by atoms with E-state index in [2.05, 4.69) is 10.6 Å². The van der Waals surface area contributed by atoms with E-state index in [0.717, 1.165) is 4.88 Å². The van der Waals surface area contributed by atoms with Gasteiger partial charge in [0.05, 0.1) is 31.7 Å². The fourth-order valence-corrected chi connectivity index (χ4v) is 2.53. The van der Waals surface area contributed by atoms with Crippen LogP contribution in [0.25, 0.3) is 0 Å². The molecule has 2 heterocycles. The molecule has 1 aromatic rings. The summed E-state index contributed by atoms with van der Waals surface area (Å²) in [4.78, 5) is 24.0. The number of nitrogens with one attached hydrogen (secondary N) is 2. The number of hydrogen-bond donors (Lipinski definition) is 2. The molecule has 5 nitrogen and oxygen atoms in total. The average Bonchev–Trinajstić information content (AvgIpc) is 2.75. The molecule has 0 bridgehead atoms. The topological polar surface area (TPSA) is 67.4 Å². The van der Waals surface area contributed by atoms with E-state index >= 15 is 0 Å². The summed E-state index contributed by atoms with van der Waals surface area (Å²) in [6, 6.07) is 3.71. The molecule has 0 spiro atoms. The molecule has 1 fully saturated rings. The second-order valence-corrected chi connectivity index (χ2v) is 5.25. The Morgan fingerprint density at radius 2 is 2.33 bits per heavy atom. The number of carbonyl (C=O) groups excluding carboxylic acids is 2. The predicted molar refractivity (Wildman–Crippen MR) is 68.2 cm³/mol. The van der Waals surface area contributed by atoms with Crippen LogP contribution < -0.4 is 10.6 Å². The highest BCUT2D eigenvalue weighted by Gasteiger charge is 2.23. The van der Waals surface area contributed by atoms with Crippen molar-refractivity contribution in [1.82, 2.24) is 10.6 Å². The molecule has 2 N–H and O–H groups in total. The minimum absolute atomic E-state index is 0.0598. The summed E-state index contributed by atoms with van der Waals surface area (Å²) in [6.45, 7) is 2.61. The van der Waals surface area contributed by atoms with E-state index < -0.39 is 0 Å². The second-order valence-electron chi connectivity index (χ2n) is 4.27. The first kappa shape index (κ1) is 13.0. The number of carbonyl (C=O) groups is 2. The smallest absolute Gasteiger partial charge is 0.222 e. The van der Waals surface area contributed by atoms with Crippen LogP contribution in [0, 0.1) is 0 Å². The summed E-state index contributed by atoms with van der Waals surface area (Å²) in [5.74, 6) is -0.191. The quantitative estimate of drug-likeness (QED) is 0.831. The monoisotopic (exact) mass is 268 g/mol. The Morgan fingerprint density at radius 3 is 2.83 bits per heavy atom. The first-order valence-corrected chi connectivity index (χ1v) is 6.70. The molecule has 1 atom stereocenters. The first-order chi connectivity index (χ1) is 8.65. The summed E-state index contributed by atoms with van der Waals surface area (Å²) < 4.78 is 5.00. The fourth-order valence-electron chi connectivity index (χ4n) is 1.75. The van der Waals surface area contributed by atoms with Crippen LogP contribution in [0.1, 0.15) is 24.3 Å². The molecular weight excluding hydrogens is 252 g/mol. The van der Waals surface area contributed by atoms with E-state index in [-0.39, 0.29) is 30.3 Å². The molecule has 1 saturated heterocycles. The van der Waals surface area contributed by atoms with Gasteiger partial charge in [-0.05, 0) is 11.4 Å². The number of thiophene rings is 1. The summed E-state index contributed by atoms with van der Waals surface area (Å²) in [7, 11) is 0. The minimum Gasteiger partial charge on any atom is -0.377 e. The molecule has 98 valence electrons. The molecule has 6 heteroatoms. The van der Waals surface area contributed by atoms with Crippen LogP contribution >= 0.6 is 11.3 Å². The number of ether oxygens (including phenoxy) is 1. The van der Waals surface area contributed by atoms with Crippen molar-refractivity contribution in [3.63, 3.8) is 0 Å². The lowest BCUT2D eigenvalue weighted by Crippen LogP contribution is -2.49. The average molecular weight is 268 g/mol. The zero-order valence-electron chi connectivity index (χ0n) is 10.1. The normalized spacial score (nSPS) is 16.7. The standard InChI is InChI=1S/C12H16N2O3S/c1-8(15)13-10(11-3-2-4-18-11)5-12(16)14-9-6-17-7-9/h2-4,9-10H,5-7H2,1H3,(H,13,15)(H,14,16). The maximum atomic E-state index is 11.8. The summed E-state index contributed by atoms with van der Waals surface area (Å²) in [6.07, 6.45) is 0.261. The van der Waals surface area contributed by atoms with Gasteiger partial charge in [-0.15, -0.1) is 11.3 Å². The summed E-state index contributed by atoms with van der Waals surface area (Å²) in [5, 5.41) is 7.61. The highest BCUT2D eigenvalue weighted by Crippen LogP contribution is 2.22. The number of rotatable bonds is 5. The van der Waals surface area contributed by atoms with Gasteiger partial charge in [-0.25, -0.2) is 0 Å². The van der Waals surface area contributed by atoms with Gasteiger partial charge in [0.15, 0.2) is 0 Å². The van der Waals surface area contributed by atoms with Crippen molar-refractivity contribution < 1.29 is 14.3 Å². The van der Waals surface area contributed by atoms with Crippen LogP contribution in [0.15, 0.2) is 17.5 Å². The van der Waals surface area contributed by atoms with Crippen molar-refractivity contribution >= 4 is 23.2 Å². The van der Waals surface area contributed by atoms with Crippen molar-refractivity contribution in [2.75, 3.05) is 13.2 Å². The van der Waals surface area contributed by atoms with E-state index in [0.29, 0.717) is 13.2 Å². The highest BCUT2D eigenvalue weighted by atomic mass is 32.1. The lowest BCUT2D eigenvalue weighted by atomic mass is 10.1. The van der Waals surface area contributed by atoms with Crippen LogP contribution in [0.3, 0.4) is 0 Å². The zero-order valence-corrected chi connectivity index (χ0v) is 11.0. The Balaban J connectivity index is 1.91. The predicted octanol–water partition coefficient (Wildman–Crippen LogP) is 0.830. The molecule has 0 saturated carbocycles. The molecule has 1 aliphatic heterocycles. The molecule has 0 radical (unpaired) electrons. The van der Waals surface area contributed by atoms with Crippen molar-refractivity contribution in [3.05, 3.63) is 22.4 Å². The second kappa shape index (κ2) is 5.97. The zero-order chi connectivity index (χ0) is 13.0. The number of hydrogen-bond acceptors (Lipinski definition) is 4. The maximum absolute atomic E-state index is 11.8. The fraction of sp³-hybridized carbons (Fsp3) is 0.500. The molecule has 1 aromatic heterocycles. The van der Waals surface area contributed by atoms with Gasteiger partial charge < -0.3 is 15.4 Å². The molecular formula is C12H16N2O3S. The first-order valence-electron chi connectivity index (χ1n) is 5.83. The number of amides is 2. The molecule has 0 aromatic carbocycles. The highest BCUT2D eigenvalue weighted by molar-refractivity contribution is 7.10. The molecule has 1 aliphatic rings. The van der Waals surface area contributed by atoms with Crippen LogP contribution in [-0.4, -0.2) is 31.1 Å². The lowest BCUT2D eigenvalue weighted by Gasteiger charge is -2.27. The third-order valence-electron chi connectivity index (χ3n) is 2.66. The molecule has 1 unspecified atom stereocenters. The van der Waals surface area contributed by atoms with Gasteiger partial charge in [-0.2, -0.15) is 0 Å². The molecule has 0 aliphatic carbocycles. The van der Waals surface area contributed by atoms with Gasteiger partial charge in [-0.3, -0.25) is 9.59 Å². The molecule has 2 amide bonds. The van der Waals surface area contributed by atoms with Crippen LogP contribution in [0.4, 0.5) is 0 Å². The van der Waals surface area contributed by atoms with E-state index in [1.807, 2.05) is 17.5 Å². The van der Waals surface area contributed by atoms with Crippen molar-refractivity contribution in [2.24, 2.45) is 0 Å². The Morgan fingerprint density at radius 1 is 1.56 bits per heavy atom. The van der Waals surface area contributed by atoms with Crippen LogP contribution in [0.2, 0.25) is 0 Å². The largest absolute Gasteiger partial charge is 0.377 e. The van der Waals surface area contributed by atoms with Crippen LogP contribution in [-0.2, 0) is 14.3 Å². The Labute approximate surface area is 110 Å². The van der Waals surface area contributed by atoms with Gasteiger partial charge in [0.2, 0.25) is 11.8 Å². The summed E-state index contributed by atoms with van der Waals surface area (Å²) in [5.41, 5.74) is 0. The van der Waals surface area contributed by atoms with Crippen molar-refractivity contribution in [1.29, 1.82) is 0 Å². The van der Waals surface area contributed by atoms with E-state index in [1.165, 1.54) is 18.3 Å². The van der Waals surface area contributed by atoms with Crippen molar-refractivity contribution in [3.8, 4) is 0 Å². The lowest BCUT2D eigenvalue weighted by molar-refractivity contribution is -0.126. The Hall–Kier alpha value is -1.40. The van der Waals surface area contributed by atoms with Gasteiger partial charge in [0.1, 0.15) is 0 Å². The van der Waals surface area contributed by atoms with Crippen LogP contribution in [0.5, 0.6) is 0 Å². The summed E-state index contributed by atoms with van der Waals surface area (Å²) >= 11 is 1.53.